The van der Waals surface area contributed by atoms with Crippen LogP contribution < -0.4 is 0 Å². The Hall–Kier alpha value is -0.810. The highest BCUT2D eigenvalue weighted by molar-refractivity contribution is 5.75. The summed E-state index contributed by atoms with van der Waals surface area (Å²) in [6.07, 6.45) is 4.27. The van der Waals surface area contributed by atoms with Crippen molar-refractivity contribution in [3.05, 3.63) is 0 Å². The molecular weight excluding hydrogens is 280 g/mol. The summed E-state index contributed by atoms with van der Waals surface area (Å²) < 4.78 is 5.77. The van der Waals surface area contributed by atoms with Crippen molar-refractivity contribution in [1.82, 2.24) is 9.80 Å². The van der Waals surface area contributed by atoms with Crippen molar-refractivity contribution in [2.24, 2.45) is 0 Å². The van der Waals surface area contributed by atoms with E-state index in [0.29, 0.717) is 26.2 Å². The maximum atomic E-state index is 12.6. The molecule has 1 rings (SSSR count). The van der Waals surface area contributed by atoms with Crippen LogP contribution in [0, 0.1) is 0 Å². The molecule has 1 fully saturated rings. The van der Waals surface area contributed by atoms with Crippen LogP contribution in [0.15, 0.2) is 0 Å². The van der Waals surface area contributed by atoms with Gasteiger partial charge in [-0.2, -0.15) is 0 Å². The molecule has 1 unspecified atom stereocenters. The van der Waals surface area contributed by atoms with Gasteiger partial charge >= 0.3 is 6.03 Å². The Morgan fingerprint density at radius 1 is 1.23 bits per heavy atom. The minimum atomic E-state index is -0.640. The Morgan fingerprint density at radius 3 is 2.23 bits per heavy atom. The highest BCUT2D eigenvalue weighted by Gasteiger charge is 2.31. The number of amides is 2. The Morgan fingerprint density at radius 2 is 1.77 bits per heavy atom. The maximum absolute atomic E-state index is 12.6. The van der Waals surface area contributed by atoms with Gasteiger partial charge in [0.1, 0.15) is 0 Å². The number of rotatable bonds is 7. The van der Waals surface area contributed by atoms with Crippen molar-refractivity contribution in [3.8, 4) is 0 Å². The van der Waals surface area contributed by atoms with E-state index in [1.54, 1.807) is 9.80 Å². The maximum Gasteiger partial charge on any atom is 0.320 e. The molecule has 130 valence electrons. The molecule has 2 amide bonds. The summed E-state index contributed by atoms with van der Waals surface area (Å²) in [7, 11) is 0. The van der Waals surface area contributed by atoms with E-state index in [4.69, 9.17) is 4.74 Å². The highest BCUT2D eigenvalue weighted by Crippen LogP contribution is 2.21. The van der Waals surface area contributed by atoms with Gasteiger partial charge in [-0.3, -0.25) is 0 Å². The lowest BCUT2D eigenvalue weighted by Crippen LogP contribution is -2.54. The van der Waals surface area contributed by atoms with Gasteiger partial charge in [0, 0.05) is 18.6 Å². The third-order valence-corrected chi connectivity index (χ3v) is 4.29. The molecule has 5 heteroatoms. The van der Waals surface area contributed by atoms with Gasteiger partial charge in [0.05, 0.1) is 25.4 Å². The zero-order valence-electron chi connectivity index (χ0n) is 15.0. The number of carbonyl (C=O) groups is 1. The smallest absolute Gasteiger partial charge is 0.320 e. The van der Waals surface area contributed by atoms with Gasteiger partial charge < -0.3 is 19.6 Å². The molecule has 0 spiro atoms. The lowest BCUT2D eigenvalue weighted by Gasteiger charge is -2.40. The second-order valence-electron chi connectivity index (χ2n) is 7.13. The van der Waals surface area contributed by atoms with E-state index in [1.165, 1.54) is 12.8 Å². The summed E-state index contributed by atoms with van der Waals surface area (Å²) in [6.45, 7) is 11.9. The van der Waals surface area contributed by atoms with E-state index >= 15 is 0 Å². The number of hydrogen-bond donors (Lipinski definition) is 1. The van der Waals surface area contributed by atoms with Crippen LogP contribution in [0.3, 0.4) is 0 Å². The van der Waals surface area contributed by atoms with Crippen molar-refractivity contribution in [3.63, 3.8) is 0 Å². The lowest BCUT2D eigenvalue weighted by atomic mass is 10.1. The van der Waals surface area contributed by atoms with Crippen LogP contribution in [0.25, 0.3) is 0 Å². The van der Waals surface area contributed by atoms with Crippen LogP contribution >= 0.6 is 0 Å². The molecule has 0 aliphatic heterocycles. The largest absolute Gasteiger partial charge is 0.389 e. The van der Waals surface area contributed by atoms with Crippen molar-refractivity contribution >= 4 is 6.03 Å². The van der Waals surface area contributed by atoms with Crippen molar-refractivity contribution in [2.45, 2.75) is 78.0 Å². The van der Waals surface area contributed by atoms with Gasteiger partial charge in [0.15, 0.2) is 0 Å². The fourth-order valence-electron chi connectivity index (χ4n) is 2.87. The zero-order valence-corrected chi connectivity index (χ0v) is 15.0. The normalized spacial score (nSPS) is 17.5. The summed E-state index contributed by atoms with van der Waals surface area (Å²) in [5, 5.41) is 10.3. The first-order valence-corrected chi connectivity index (χ1v) is 8.65. The van der Waals surface area contributed by atoms with Crippen LogP contribution in [-0.2, 0) is 4.74 Å². The standard InChI is InChI=1S/C17H34N2O3/c1-6-18(7-2)16(21)19(17(3,4)5)12-14(20)13-22-15-10-8-9-11-15/h14-15,20H,6-13H2,1-5H3. The fraction of sp³-hybridized carbons (Fsp3) is 0.941. The number of ether oxygens (including phenoxy) is 1. The third kappa shape index (κ3) is 5.76. The van der Waals surface area contributed by atoms with Crippen molar-refractivity contribution < 1.29 is 14.6 Å². The van der Waals surface area contributed by atoms with Crippen LogP contribution in [0.1, 0.15) is 60.3 Å². The number of aliphatic hydroxyl groups excluding tert-OH is 1. The van der Waals surface area contributed by atoms with Gasteiger partial charge in [-0.15, -0.1) is 0 Å². The number of nitrogens with zero attached hydrogens (tertiary/aromatic N) is 2. The first kappa shape index (κ1) is 19.2. The molecule has 1 saturated carbocycles. The number of carbonyl (C=O) groups excluding carboxylic acids is 1. The van der Waals surface area contributed by atoms with E-state index in [0.717, 1.165) is 12.8 Å². The first-order valence-electron chi connectivity index (χ1n) is 8.65. The monoisotopic (exact) mass is 314 g/mol. The summed E-state index contributed by atoms with van der Waals surface area (Å²) in [4.78, 5) is 16.2. The summed E-state index contributed by atoms with van der Waals surface area (Å²) >= 11 is 0. The molecule has 0 heterocycles. The predicted octanol–water partition coefficient (Wildman–Crippen LogP) is 2.87. The molecule has 1 aliphatic rings. The molecule has 0 aromatic carbocycles. The van der Waals surface area contributed by atoms with Crippen LogP contribution in [0.5, 0.6) is 0 Å². The quantitative estimate of drug-likeness (QED) is 0.786. The topological polar surface area (TPSA) is 53.0 Å². The zero-order chi connectivity index (χ0) is 16.8. The van der Waals surface area contributed by atoms with E-state index in [2.05, 4.69) is 0 Å². The minimum absolute atomic E-state index is 0.0163. The first-order chi connectivity index (χ1) is 10.3. The molecule has 1 aliphatic carbocycles. The molecule has 1 N–H and O–H groups in total. The Bertz CT molecular complexity index is 331. The predicted molar refractivity (Wildman–Crippen MR) is 89.0 cm³/mol. The number of hydrogen-bond acceptors (Lipinski definition) is 3. The average molecular weight is 314 g/mol. The van der Waals surface area contributed by atoms with E-state index in [9.17, 15) is 9.90 Å². The Kier molecular flexibility index (Phi) is 7.63. The third-order valence-electron chi connectivity index (χ3n) is 4.29. The van der Waals surface area contributed by atoms with Gasteiger partial charge in [-0.1, -0.05) is 12.8 Å². The fourth-order valence-corrected chi connectivity index (χ4v) is 2.87. The van der Waals surface area contributed by atoms with Gasteiger partial charge in [-0.05, 0) is 47.5 Å². The molecule has 1 atom stereocenters. The molecule has 5 nitrogen and oxygen atoms in total. The molecule has 0 saturated heterocycles. The van der Waals surface area contributed by atoms with Crippen molar-refractivity contribution in [2.75, 3.05) is 26.2 Å². The van der Waals surface area contributed by atoms with Crippen LogP contribution in [0.2, 0.25) is 0 Å². The molecular formula is C17H34N2O3. The van der Waals surface area contributed by atoms with Crippen LogP contribution in [0.4, 0.5) is 4.79 Å². The molecule has 0 bridgehead atoms. The van der Waals surface area contributed by atoms with E-state index < -0.39 is 6.10 Å². The average Bonchev–Trinajstić information content (AvgIpc) is 2.95. The van der Waals surface area contributed by atoms with Crippen molar-refractivity contribution in [1.29, 1.82) is 0 Å². The van der Waals surface area contributed by atoms with E-state index in [1.807, 2.05) is 34.6 Å². The Balaban J connectivity index is 2.58. The van der Waals surface area contributed by atoms with Gasteiger partial charge in [0.2, 0.25) is 0 Å². The molecule has 0 aromatic heterocycles. The van der Waals surface area contributed by atoms with Crippen LogP contribution in [-0.4, -0.2) is 64.9 Å². The number of aliphatic hydroxyl groups is 1. The number of β-amino-alcohol motifs (C(OH)–C–C–N with tert-alkyl or cyclic N) is 1. The minimum Gasteiger partial charge on any atom is -0.389 e. The SMILES string of the molecule is CCN(CC)C(=O)N(CC(O)COC1CCCC1)C(C)(C)C. The number of urea groups is 1. The van der Waals surface area contributed by atoms with E-state index in [-0.39, 0.29) is 17.7 Å². The molecule has 0 aromatic rings. The van der Waals surface area contributed by atoms with Gasteiger partial charge in [-0.25, -0.2) is 4.79 Å². The second kappa shape index (κ2) is 8.73. The summed E-state index contributed by atoms with van der Waals surface area (Å²) in [6, 6.07) is -0.0163. The Labute approximate surface area is 135 Å². The molecule has 22 heavy (non-hydrogen) atoms. The lowest BCUT2D eigenvalue weighted by molar-refractivity contribution is -0.0240. The summed E-state index contributed by atoms with van der Waals surface area (Å²) in [5.41, 5.74) is -0.325. The van der Waals surface area contributed by atoms with Gasteiger partial charge in [0.25, 0.3) is 0 Å². The molecule has 0 radical (unpaired) electrons. The highest BCUT2D eigenvalue weighted by atomic mass is 16.5. The summed E-state index contributed by atoms with van der Waals surface area (Å²) in [5.74, 6) is 0. The second-order valence-corrected chi connectivity index (χ2v) is 7.13.